The van der Waals surface area contributed by atoms with Gasteiger partial charge < -0.3 is 14.8 Å². The minimum Gasteiger partial charge on any atom is -0.467 e. The first-order valence-corrected chi connectivity index (χ1v) is 6.38. The molecule has 2 N–H and O–H groups in total. The number of amides is 1. The monoisotopic (exact) mass is 254 g/mol. The molecule has 18 heavy (non-hydrogen) atoms. The van der Waals surface area contributed by atoms with Gasteiger partial charge in [-0.15, -0.1) is 0 Å². The maximum absolute atomic E-state index is 11.7. The summed E-state index contributed by atoms with van der Waals surface area (Å²) >= 11 is 0. The van der Waals surface area contributed by atoms with Crippen molar-refractivity contribution in [2.75, 3.05) is 26.2 Å². The highest BCUT2D eigenvalue weighted by molar-refractivity contribution is 5.77. The molecule has 0 radical (unpaired) electrons. The third-order valence-corrected chi connectivity index (χ3v) is 2.65. The van der Waals surface area contributed by atoms with Crippen LogP contribution in [0, 0.1) is 0 Å². The van der Waals surface area contributed by atoms with Crippen molar-refractivity contribution in [2.24, 2.45) is 0 Å². The molecule has 1 amide bonds. The predicted molar refractivity (Wildman–Crippen MR) is 69.0 cm³/mol. The Morgan fingerprint density at radius 2 is 2.33 bits per heavy atom. The van der Waals surface area contributed by atoms with E-state index in [2.05, 4.69) is 12.2 Å². The number of aliphatic hydroxyl groups is 1. The number of nitrogens with one attached hydrogen (secondary N) is 1. The maximum Gasteiger partial charge on any atom is 0.234 e. The third kappa shape index (κ3) is 5.84. The first kappa shape index (κ1) is 14.7. The van der Waals surface area contributed by atoms with Crippen LogP contribution in [-0.4, -0.2) is 42.2 Å². The number of hydrogen-bond donors (Lipinski definition) is 2. The summed E-state index contributed by atoms with van der Waals surface area (Å²) in [6.45, 7) is 4.29. The summed E-state index contributed by atoms with van der Waals surface area (Å²) in [7, 11) is 0. The number of rotatable bonds is 9. The third-order valence-electron chi connectivity index (χ3n) is 2.65. The van der Waals surface area contributed by atoms with E-state index in [4.69, 9.17) is 9.52 Å². The van der Waals surface area contributed by atoms with E-state index in [0.717, 1.165) is 25.1 Å². The van der Waals surface area contributed by atoms with Crippen LogP contribution < -0.4 is 5.32 Å². The fraction of sp³-hybridized carbons (Fsp3) is 0.615. The Labute approximate surface area is 108 Å². The van der Waals surface area contributed by atoms with Crippen LogP contribution in [0.1, 0.15) is 25.5 Å². The molecule has 1 aromatic rings. The number of aliphatic hydroxyl groups excluding tert-OH is 1. The quantitative estimate of drug-likeness (QED) is 0.689. The Bertz CT molecular complexity index is 325. The van der Waals surface area contributed by atoms with E-state index in [9.17, 15) is 4.79 Å². The second-order valence-corrected chi connectivity index (χ2v) is 4.21. The van der Waals surface area contributed by atoms with Crippen LogP contribution in [0.4, 0.5) is 0 Å². The zero-order valence-corrected chi connectivity index (χ0v) is 10.9. The van der Waals surface area contributed by atoms with E-state index >= 15 is 0 Å². The van der Waals surface area contributed by atoms with Gasteiger partial charge in [0.05, 0.1) is 26.0 Å². The molecule has 0 unspecified atom stereocenters. The molecule has 0 aromatic carbocycles. The van der Waals surface area contributed by atoms with E-state index < -0.39 is 0 Å². The fourth-order valence-electron chi connectivity index (χ4n) is 1.65. The number of hydrogen-bond acceptors (Lipinski definition) is 4. The van der Waals surface area contributed by atoms with E-state index in [1.165, 1.54) is 0 Å². The van der Waals surface area contributed by atoms with Gasteiger partial charge in [0.2, 0.25) is 5.91 Å². The summed E-state index contributed by atoms with van der Waals surface area (Å²) in [5.74, 6) is 0.696. The van der Waals surface area contributed by atoms with Gasteiger partial charge in [0, 0.05) is 6.54 Å². The second kappa shape index (κ2) is 8.72. The van der Waals surface area contributed by atoms with E-state index in [-0.39, 0.29) is 12.5 Å². The topological polar surface area (TPSA) is 65.7 Å². The lowest BCUT2D eigenvalue weighted by molar-refractivity contribution is -0.122. The Hall–Kier alpha value is -1.33. The molecule has 0 aliphatic carbocycles. The van der Waals surface area contributed by atoms with Gasteiger partial charge in [-0.3, -0.25) is 9.69 Å². The van der Waals surface area contributed by atoms with Crippen molar-refractivity contribution < 1.29 is 14.3 Å². The maximum atomic E-state index is 11.7. The molecule has 0 atom stereocenters. The molecule has 1 aromatic heterocycles. The van der Waals surface area contributed by atoms with Crippen molar-refractivity contribution >= 4 is 5.91 Å². The normalized spacial score (nSPS) is 10.8. The summed E-state index contributed by atoms with van der Waals surface area (Å²) in [5, 5.41) is 11.7. The molecule has 0 aliphatic rings. The van der Waals surface area contributed by atoms with Crippen LogP contribution in [0.25, 0.3) is 0 Å². The summed E-state index contributed by atoms with van der Waals surface area (Å²) in [6.07, 6.45) is 3.70. The Balaban J connectivity index is 2.26. The summed E-state index contributed by atoms with van der Waals surface area (Å²) in [5.41, 5.74) is 0. The number of furan rings is 1. The Morgan fingerprint density at radius 3 is 2.94 bits per heavy atom. The van der Waals surface area contributed by atoms with Crippen LogP contribution in [0.15, 0.2) is 22.8 Å². The number of nitrogens with zero attached hydrogens (tertiary/aromatic N) is 1. The lowest BCUT2D eigenvalue weighted by Gasteiger charge is -2.20. The van der Waals surface area contributed by atoms with E-state index in [1.807, 2.05) is 11.0 Å². The molecule has 0 saturated heterocycles. The number of unbranched alkanes of at least 4 members (excludes halogenated alkanes) is 1. The molecule has 0 aliphatic heterocycles. The molecule has 0 fully saturated rings. The van der Waals surface area contributed by atoms with Gasteiger partial charge in [0.15, 0.2) is 0 Å². The highest BCUT2D eigenvalue weighted by atomic mass is 16.3. The first-order valence-electron chi connectivity index (χ1n) is 6.38. The van der Waals surface area contributed by atoms with Crippen LogP contribution >= 0.6 is 0 Å². The SMILES string of the molecule is CCCCN(CCO)CC(=O)NCc1ccco1. The minimum absolute atomic E-state index is 0.0454. The molecule has 102 valence electrons. The first-order chi connectivity index (χ1) is 8.76. The summed E-state index contributed by atoms with van der Waals surface area (Å²) < 4.78 is 5.13. The average Bonchev–Trinajstić information content (AvgIpc) is 2.87. The van der Waals surface area contributed by atoms with Gasteiger partial charge in [-0.2, -0.15) is 0 Å². The second-order valence-electron chi connectivity index (χ2n) is 4.21. The molecular formula is C13H22N2O3. The molecule has 0 spiro atoms. The molecule has 1 heterocycles. The summed E-state index contributed by atoms with van der Waals surface area (Å²) in [4.78, 5) is 13.7. The van der Waals surface area contributed by atoms with E-state index in [1.54, 1.807) is 12.3 Å². The predicted octanol–water partition coefficient (Wildman–Crippen LogP) is 0.990. The van der Waals surface area contributed by atoms with Crippen LogP contribution in [0.5, 0.6) is 0 Å². The van der Waals surface area contributed by atoms with Crippen molar-refractivity contribution in [1.29, 1.82) is 0 Å². The molecule has 5 heteroatoms. The number of carbonyl (C=O) groups is 1. The van der Waals surface area contributed by atoms with Gasteiger partial charge in [0.1, 0.15) is 5.76 Å². The number of carbonyl (C=O) groups excluding carboxylic acids is 1. The molecule has 1 rings (SSSR count). The fourth-order valence-corrected chi connectivity index (χ4v) is 1.65. The lowest BCUT2D eigenvalue weighted by atomic mass is 10.3. The van der Waals surface area contributed by atoms with Crippen LogP contribution in [0.2, 0.25) is 0 Å². The van der Waals surface area contributed by atoms with E-state index in [0.29, 0.717) is 19.6 Å². The van der Waals surface area contributed by atoms with Crippen molar-refractivity contribution in [3.63, 3.8) is 0 Å². The van der Waals surface area contributed by atoms with Crippen molar-refractivity contribution in [3.05, 3.63) is 24.2 Å². The van der Waals surface area contributed by atoms with Gasteiger partial charge in [-0.05, 0) is 25.1 Å². The van der Waals surface area contributed by atoms with Gasteiger partial charge in [-0.25, -0.2) is 0 Å². The average molecular weight is 254 g/mol. The van der Waals surface area contributed by atoms with Gasteiger partial charge >= 0.3 is 0 Å². The minimum atomic E-state index is -0.0454. The molecule has 0 bridgehead atoms. The highest BCUT2D eigenvalue weighted by Crippen LogP contribution is 1.99. The molecule has 5 nitrogen and oxygen atoms in total. The lowest BCUT2D eigenvalue weighted by Crippen LogP contribution is -2.38. The van der Waals surface area contributed by atoms with Crippen molar-refractivity contribution in [2.45, 2.75) is 26.3 Å². The molecular weight excluding hydrogens is 232 g/mol. The smallest absolute Gasteiger partial charge is 0.234 e. The Kier molecular flexibility index (Phi) is 7.13. The van der Waals surface area contributed by atoms with Crippen molar-refractivity contribution in [1.82, 2.24) is 10.2 Å². The zero-order chi connectivity index (χ0) is 13.2. The van der Waals surface area contributed by atoms with Gasteiger partial charge in [-0.1, -0.05) is 13.3 Å². The van der Waals surface area contributed by atoms with Crippen molar-refractivity contribution in [3.8, 4) is 0 Å². The van der Waals surface area contributed by atoms with Crippen LogP contribution in [0.3, 0.4) is 0 Å². The van der Waals surface area contributed by atoms with Gasteiger partial charge in [0.25, 0.3) is 0 Å². The van der Waals surface area contributed by atoms with Crippen LogP contribution in [-0.2, 0) is 11.3 Å². The highest BCUT2D eigenvalue weighted by Gasteiger charge is 2.09. The Morgan fingerprint density at radius 1 is 1.50 bits per heavy atom. The summed E-state index contributed by atoms with van der Waals surface area (Å²) in [6, 6.07) is 3.61. The standard InChI is InChI=1S/C13H22N2O3/c1-2-3-6-15(7-8-16)11-13(17)14-10-12-5-4-9-18-12/h4-5,9,16H,2-3,6-8,10-11H2,1H3,(H,14,17). The largest absolute Gasteiger partial charge is 0.467 e. The molecule has 0 saturated carbocycles. The zero-order valence-electron chi connectivity index (χ0n) is 10.9.